The number of hydrogen-bond donors (Lipinski definition) is 3. The molecule has 3 rings (SSSR count). The van der Waals surface area contributed by atoms with Gasteiger partial charge in [-0.3, -0.25) is 4.79 Å². The number of rotatable bonds is 3. The third kappa shape index (κ3) is 4.37. The third-order valence-electron chi connectivity index (χ3n) is 7.18. The second-order valence-corrected chi connectivity index (χ2v) is 8.89. The van der Waals surface area contributed by atoms with Crippen LogP contribution in [0.3, 0.4) is 0 Å². The van der Waals surface area contributed by atoms with E-state index in [1.54, 1.807) is 0 Å². The molecule has 1 amide bonds. The van der Waals surface area contributed by atoms with Crippen LogP contribution in [0.15, 0.2) is 0 Å². The van der Waals surface area contributed by atoms with Gasteiger partial charge in [-0.2, -0.15) is 0 Å². The van der Waals surface area contributed by atoms with E-state index in [1.165, 1.54) is 25.7 Å². The molecule has 3 aliphatic rings. The van der Waals surface area contributed by atoms with Crippen LogP contribution in [-0.4, -0.2) is 52.9 Å². The number of aliphatic hydroxyl groups is 2. The van der Waals surface area contributed by atoms with E-state index in [0.29, 0.717) is 18.8 Å². The highest BCUT2D eigenvalue weighted by Crippen LogP contribution is 2.38. The SMILES string of the molecule is CC1CC(C(=O)N2CCC(C3CCCC(CN)C3)CC2)CC(O)C1O. The van der Waals surface area contributed by atoms with Crippen molar-refractivity contribution in [3.63, 3.8) is 0 Å². The summed E-state index contributed by atoms with van der Waals surface area (Å²) in [6, 6.07) is 0. The summed E-state index contributed by atoms with van der Waals surface area (Å²) in [6.07, 6.45) is 7.09. The topological polar surface area (TPSA) is 86.8 Å². The first-order chi connectivity index (χ1) is 12.0. The van der Waals surface area contributed by atoms with Crippen LogP contribution < -0.4 is 5.73 Å². The molecule has 5 heteroatoms. The van der Waals surface area contributed by atoms with Crippen LogP contribution in [0.2, 0.25) is 0 Å². The summed E-state index contributed by atoms with van der Waals surface area (Å²) in [5.41, 5.74) is 5.88. The fraction of sp³-hybridized carbons (Fsp3) is 0.950. The summed E-state index contributed by atoms with van der Waals surface area (Å²) in [4.78, 5) is 14.9. The average Bonchev–Trinajstić information content (AvgIpc) is 2.65. The second-order valence-electron chi connectivity index (χ2n) is 8.89. The maximum absolute atomic E-state index is 12.8. The molecule has 1 aliphatic heterocycles. The van der Waals surface area contributed by atoms with Crippen molar-refractivity contribution in [1.29, 1.82) is 0 Å². The first kappa shape index (κ1) is 19.1. The van der Waals surface area contributed by atoms with Crippen molar-refractivity contribution >= 4 is 5.91 Å². The summed E-state index contributed by atoms with van der Waals surface area (Å²) >= 11 is 0. The third-order valence-corrected chi connectivity index (χ3v) is 7.18. The smallest absolute Gasteiger partial charge is 0.225 e. The summed E-state index contributed by atoms with van der Waals surface area (Å²) in [6.45, 7) is 4.46. The van der Waals surface area contributed by atoms with Crippen molar-refractivity contribution in [2.75, 3.05) is 19.6 Å². The van der Waals surface area contributed by atoms with Gasteiger partial charge in [0.2, 0.25) is 5.91 Å². The molecule has 6 atom stereocenters. The minimum atomic E-state index is -0.759. The van der Waals surface area contributed by atoms with Gasteiger partial charge in [-0.15, -0.1) is 0 Å². The van der Waals surface area contributed by atoms with Gasteiger partial charge in [0.15, 0.2) is 0 Å². The van der Waals surface area contributed by atoms with E-state index in [9.17, 15) is 15.0 Å². The van der Waals surface area contributed by atoms with Crippen LogP contribution in [0.1, 0.15) is 58.3 Å². The standard InChI is InChI=1S/C20H36N2O3/c1-13-9-17(11-18(23)19(13)24)20(25)22-7-5-15(6-8-22)16-4-2-3-14(10-16)12-21/h13-19,23-24H,2-12,21H2,1H3. The number of carbonyl (C=O) groups is 1. The lowest BCUT2D eigenvalue weighted by atomic mass is 9.72. The van der Waals surface area contributed by atoms with Crippen molar-refractivity contribution < 1.29 is 15.0 Å². The molecule has 5 nitrogen and oxygen atoms in total. The predicted octanol–water partition coefficient (Wildman–Crippen LogP) is 1.76. The monoisotopic (exact) mass is 352 g/mol. The summed E-state index contributed by atoms with van der Waals surface area (Å²) < 4.78 is 0. The molecule has 0 aromatic rings. The number of piperidine rings is 1. The number of nitrogens with zero attached hydrogens (tertiary/aromatic N) is 1. The van der Waals surface area contributed by atoms with E-state index in [4.69, 9.17) is 5.73 Å². The van der Waals surface area contributed by atoms with Gasteiger partial charge in [-0.05, 0) is 68.7 Å². The van der Waals surface area contributed by atoms with Crippen LogP contribution in [-0.2, 0) is 4.79 Å². The molecule has 2 saturated carbocycles. The Balaban J connectivity index is 1.49. The minimum absolute atomic E-state index is 0.00864. The van der Waals surface area contributed by atoms with Crippen LogP contribution >= 0.6 is 0 Å². The van der Waals surface area contributed by atoms with E-state index in [2.05, 4.69) is 0 Å². The molecule has 4 N–H and O–H groups in total. The minimum Gasteiger partial charge on any atom is -0.390 e. The molecule has 6 unspecified atom stereocenters. The summed E-state index contributed by atoms with van der Waals surface area (Å²) in [5, 5.41) is 19.9. The van der Waals surface area contributed by atoms with Crippen molar-refractivity contribution in [2.24, 2.45) is 35.3 Å². The van der Waals surface area contributed by atoms with Crippen molar-refractivity contribution in [3.05, 3.63) is 0 Å². The summed E-state index contributed by atoms with van der Waals surface area (Å²) in [5.74, 6) is 2.31. The predicted molar refractivity (Wildman–Crippen MR) is 97.7 cm³/mol. The summed E-state index contributed by atoms with van der Waals surface area (Å²) in [7, 11) is 0. The van der Waals surface area contributed by atoms with Gasteiger partial charge >= 0.3 is 0 Å². The fourth-order valence-corrected chi connectivity index (χ4v) is 5.52. The molecule has 1 heterocycles. The molecule has 0 aromatic heterocycles. The Kier molecular flexibility index (Phi) is 6.39. The number of hydrogen-bond acceptors (Lipinski definition) is 4. The molecule has 2 aliphatic carbocycles. The Bertz CT molecular complexity index is 438. The van der Waals surface area contributed by atoms with E-state index in [1.807, 2.05) is 11.8 Å². The van der Waals surface area contributed by atoms with E-state index in [-0.39, 0.29) is 17.7 Å². The molecule has 0 radical (unpaired) electrons. The van der Waals surface area contributed by atoms with Crippen LogP contribution in [0.5, 0.6) is 0 Å². The zero-order valence-electron chi connectivity index (χ0n) is 15.6. The molecular weight excluding hydrogens is 316 g/mol. The Morgan fingerprint density at radius 2 is 1.76 bits per heavy atom. The van der Waals surface area contributed by atoms with Crippen LogP contribution in [0.25, 0.3) is 0 Å². The average molecular weight is 353 g/mol. The highest BCUT2D eigenvalue weighted by atomic mass is 16.3. The normalized spacial score (nSPS) is 40.9. The number of aliphatic hydroxyl groups excluding tert-OH is 2. The number of amides is 1. The Morgan fingerprint density at radius 1 is 1.04 bits per heavy atom. The van der Waals surface area contributed by atoms with Crippen LogP contribution in [0.4, 0.5) is 0 Å². The lowest BCUT2D eigenvalue weighted by Crippen LogP contribution is -2.48. The van der Waals surface area contributed by atoms with Crippen molar-refractivity contribution in [2.45, 2.75) is 70.5 Å². The molecule has 25 heavy (non-hydrogen) atoms. The van der Waals surface area contributed by atoms with Gasteiger partial charge in [-0.25, -0.2) is 0 Å². The van der Waals surface area contributed by atoms with Crippen LogP contribution in [0, 0.1) is 29.6 Å². The van der Waals surface area contributed by atoms with Gasteiger partial charge in [0, 0.05) is 19.0 Å². The lowest BCUT2D eigenvalue weighted by Gasteiger charge is -2.42. The Hall–Kier alpha value is -0.650. The molecule has 0 bridgehead atoms. The Labute approximate surface area is 152 Å². The number of nitrogens with two attached hydrogens (primary N) is 1. The Morgan fingerprint density at radius 3 is 2.40 bits per heavy atom. The van der Waals surface area contributed by atoms with E-state index in [0.717, 1.165) is 44.3 Å². The molecule has 1 saturated heterocycles. The lowest BCUT2D eigenvalue weighted by molar-refractivity contribution is -0.144. The zero-order valence-corrected chi connectivity index (χ0v) is 15.6. The first-order valence-electron chi connectivity index (χ1n) is 10.3. The van der Waals surface area contributed by atoms with Crippen molar-refractivity contribution in [3.8, 4) is 0 Å². The highest BCUT2D eigenvalue weighted by Gasteiger charge is 2.39. The van der Waals surface area contributed by atoms with E-state index < -0.39 is 12.2 Å². The molecule has 0 aromatic carbocycles. The van der Waals surface area contributed by atoms with Gasteiger partial charge in [-0.1, -0.05) is 19.8 Å². The molecule has 0 spiro atoms. The van der Waals surface area contributed by atoms with Gasteiger partial charge < -0.3 is 20.8 Å². The molecular formula is C20H36N2O3. The van der Waals surface area contributed by atoms with E-state index >= 15 is 0 Å². The largest absolute Gasteiger partial charge is 0.390 e. The fourth-order valence-electron chi connectivity index (χ4n) is 5.52. The van der Waals surface area contributed by atoms with Gasteiger partial charge in [0.05, 0.1) is 12.2 Å². The number of likely N-dealkylation sites (tertiary alicyclic amines) is 1. The zero-order chi connectivity index (χ0) is 18.0. The van der Waals surface area contributed by atoms with Gasteiger partial charge in [0.25, 0.3) is 0 Å². The highest BCUT2D eigenvalue weighted by molar-refractivity contribution is 5.79. The molecule has 3 fully saturated rings. The second kappa shape index (κ2) is 8.36. The molecule has 144 valence electrons. The maximum Gasteiger partial charge on any atom is 0.225 e. The number of carbonyl (C=O) groups excluding carboxylic acids is 1. The first-order valence-corrected chi connectivity index (χ1v) is 10.3. The van der Waals surface area contributed by atoms with Gasteiger partial charge in [0.1, 0.15) is 0 Å². The van der Waals surface area contributed by atoms with Crippen molar-refractivity contribution in [1.82, 2.24) is 4.90 Å². The maximum atomic E-state index is 12.8. The quantitative estimate of drug-likeness (QED) is 0.722.